The lowest BCUT2D eigenvalue weighted by molar-refractivity contribution is 0.169. The summed E-state index contributed by atoms with van der Waals surface area (Å²) in [6, 6.07) is 0. The molecule has 68 valence electrons. The molecule has 0 aromatic carbocycles. The normalized spacial score (nSPS) is 16.1. The third-order valence-corrected chi connectivity index (χ3v) is 3.43. The number of nitrogens with zero attached hydrogens (tertiary/aromatic N) is 1. The van der Waals surface area contributed by atoms with E-state index in [-0.39, 0.29) is 12.0 Å². The summed E-state index contributed by atoms with van der Waals surface area (Å²) in [7, 11) is 0. The van der Waals surface area contributed by atoms with Crippen LogP contribution in [0.25, 0.3) is 0 Å². The quantitative estimate of drug-likeness (QED) is 0.766. The Morgan fingerprint density at radius 3 is 2.25 bits per heavy atom. The fourth-order valence-corrected chi connectivity index (χ4v) is 1.97. The van der Waals surface area contributed by atoms with Crippen LogP contribution in [0.2, 0.25) is 0 Å². The van der Waals surface area contributed by atoms with E-state index in [4.69, 9.17) is 0 Å². The number of aryl methyl sites for hydroxylation is 2. The van der Waals surface area contributed by atoms with E-state index in [1.807, 2.05) is 13.8 Å². The molecular formula is C9H15NOS. The molecule has 0 aliphatic carbocycles. The molecule has 1 heterocycles. The first kappa shape index (κ1) is 9.68. The Morgan fingerprint density at radius 2 is 1.92 bits per heavy atom. The van der Waals surface area contributed by atoms with Gasteiger partial charge in [0.15, 0.2) is 0 Å². The smallest absolute Gasteiger partial charge is 0.0984 e. The van der Waals surface area contributed by atoms with E-state index < -0.39 is 0 Å². The highest BCUT2D eigenvalue weighted by Gasteiger charge is 2.15. The van der Waals surface area contributed by atoms with Crippen LogP contribution in [-0.4, -0.2) is 16.2 Å². The number of aliphatic hydroxyl groups excluding tert-OH is 1. The third-order valence-electron chi connectivity index (χ3n) is 2.16. The van der Waals surface area contributed by atoms with Crippen molar-refractivity contribution < 1.29 is 5.11 Å². The zero-order valence-electron chi connectivity index (χ0n) is 7.96. The van der Waals surface area contributed by atoms with Crippen LogP contribution in [0.3, 0.4) is 0 Å². The number of hydrogen-bond acceptors (Lipinski definition) is 3. The van der Waals surface area contributed by atoms with E-state index >= 15 is 0 Å². The fourth-order valence-electron chi connectivity index (χ4n) is 0.899. The second-order valence-electron chi connectivity index (χ2n) is 3.22. The topological polar surface area (TPSA) is 33.1 Å². The van der Waals surface area contributed by atoms with Gasteiger partial charge in [0, 0.05) is 10.8 Å². The summed E-state index contributed by atoms with van der Waals surface area (Å²) in [5.74, 6) is 0.155. The largest absolute Gasteiger partial charge is 0.393 e. The molecule has 0 radical (unpaired) electrons. The Morgan fingerprint density at radius 1 is 1.33 bits per heavy atom. The molecule has 12 heavy (non-hydrogen) atoms. The molecule has 2 atom stereocenters. The molecule has 1 aromatic heterocycles. The van der Waals surface area contributed by atoms with Crippen LogP contribution in [0.15, 0.2) is 0 Å². The van der Waals surface area contributed by atoms with Gasteiger partial charge in [-0.2, -0.15) is 0 Å². The van der Waals surface area contributed by atoms with Crippen molar-refractivity contribution in [1.29, 1.82) is 0 Å². The first-order valence-corrected chi connectivity index (χ1v) is 4.96. The van der Waals surface area contributed by atoms with Gasteiger partial charge in [-0.25, -0.2) is 4.98 Å². The molecule has 3 heteroatoms. The van der Waals surface area contributed by atoms with Crippen molar-refractivity contribution in [3.63, 3.8) is 0 Å². The van der Waals surface area contributed by atoms with Gasteiger partial charge in [-0.1, -0.05) is 6.92 Å². The zero-order chi connectivity index (χ0) is 9.30. The lowest BCUT2D eigenvalue weighted by Crippen LogP contribution is -2.10. The van der Waals surface area contributed by atoms with Gasteiger partial charge in [0.2, 0.25) is 0 Å². The molecule has 1 aromatic rings. The molecule has 0 amide bonds. The van der Waals surface area contributed by atoms with Crippen LogP contribution in [0, 0.1) is 13.8 Å². The number of aliphatic hydroxyl groups is 1. The molecule has 1 rings (SSSR count). The monoisotopic (exact) mass is 185 g/mol. The van der Waals surface area contributed by atoms with Crippen LogP contribution in [0.1, 0.15) is 35.3 Å². The van der Waals surface area contributed by atoms with Crippen LogP contribution in [-0.2, 0) is 0 Å². The predicted octanol–water partition coefficient (Wildman–Crippen LogP) is 2.24. The maximum Gasteiger partial charge on any atom is 0.0984 e. The molecule has 0 bridgehead atoms. The van der Waals surface area contributed by atoms with Crippen molar-refractivity contribution in [2.24, 2.45) is 0 Å². The lowest BCUT2D eigenvalue weighted by Gasteiger charge is -2.10. The minimum atomic E-state index is -0.310. The van der Waals surface area contributed by atoms with E-state index in [2.05, 4.69) is 11.9 Å². The van der Waals surface area contributed by atoms with Crippen LogP contribution in [0.4, 0.5) is 0 Å². The van der Waals surface area contributed by atoms with Gasteiger partial charge in [0.05, 0.1) is 16.8 Å². The van der Waals surface area contributed by atoms with E-state index in [9.17, 15) is 5.11 Å². The summed E-state index contributed by atoms with van der Waals surface area (Å²) in [4.78, 5) is 5.64. The predicted molar refractivity (Wildman–Crippen MR) is 51.7 cm³/mol. The Bertz CT molecular complexity index is 248. The van der Waals surface area contributed by atoms with Crippen molar-refractivity contribution in [3.8, 4) is 0 Å². The number of rotatable bonds is 2. The lowest BCUT2D eigenvalue weighted by atomic mass is 10.1. The highest BCUT2D eigenvalue weighted by molar-refractivity contribution is 7.11. The Balaban J connectivity index is 2.89. The Hall–Kier alpha value is -0.410. The summed E-state index contributed by atoms with van der Waals surface area (Å²) in [5, 5.41) is 10.4. The van der Waals surface area contributed by atoms with Crippen molar-refractivity contribution in [2.75, 3.05) is 0 Å². The van der Waals surface area contributed by atoms with Gasteiger partial charge in [0.25, 0.3) is 0 Å². The second-order valence-corrected chi connectivity index (χ2v) is 4.46. The van der Waals surface area contributed by atoms with Gasteiger partial charge < -0.3 is 5.11 Å². The fraction of sp³-hybridized carbons (Fsp3) is 0.667. The molecule has 2 unspecified atom stereocenters. The highest BCUT2D eigenvalue weighted by Crippen LogP contribution is 2.25. The Kier molecular flexibility index (Phi) is 2.85. The van der Waals surface area contributed by atoms with Crippen LogP contribution in [0.5, 0.6) is 0 Å². The third kappa shape index (κ3) is 1.84. The van der Waals surface area contributed by atoms with Crippen molar-refractivity contribution in [3.05, 3.63) is 15.6 Å². The maximum absolute atomic E-state index is 9.34. The summed E-state index contributed by atoms with van der Waals surface area (Å²) >= 11 is 1.68. The summed E-state index contributed by atoms with van der Waals surface area (Å²) < 4.78 is 0. The first-order valence-electron chi connectivity index (χ1n) is 4.14. The SMILES string of the molecule is Cc1nc(C(C)C(C)O)sc1C. The van der Waals surface area contributed by atoms with E-state index in [1.54, 1.807) is 18.3 Å². The standard InChI is InChI=1S/C9H15NOS/c1-5(7(3)11)9-10-6(2)8(4)12-9/h5,7,11H,1-4H3. The molecule has 0 aliphatic heterocycles. The van der Waals surface area contributed by atoms with Crippen molar-refractivity contribution in [1.82, 2.24) is 4.98 Å². The molecule has 0 aliphatic rings. The van der Waals surface area contributed by atoms with Crippen molar-refractivity contribution >= 4 is 11.3 Å². The van der Waals surface area contributed by atoms with Gasteiger partial charge in [-0.3, -0.25) is 0 Å². The molecule has 0 fully saturated rings. The minimum Gasteiger partial charge on any atom is -0.393 e. The van der Waals surface area contributed by atoms with Crippen molar-refractivity contribution in [2.45, 2.75) is 39.7 Å². The van der Waals surface area contributed by atoms with E-state index in [1.165, 1.54) is 4.88 Å². The Labute approximate surface area is 77.3 Å². The van der Waals surface area contributed by atoms with Crippen LogP contribution >= 0.6 is 11.3 Å². The number of hydrogen-bond donors (Lipinski definition) is 1. The molecular weight excluding hydrogens is 170 g/mol. The van der Waals surface area contributed by atoms with Crippen LogP contribution < -0.4 is 0 Å². The van der Waals surface area contributed by atoms with Gasteiger partial charge in [-0.05, 0) is 20.8 Å². The summed E-state index contributed by atoms with van der Waals surface area (Å²) in [5.41, 5.74) is 1.09. The second kappa shape index (κ2) is 3.54. The molecule has 0 saturated carbocycles. The molecule has 0 spiro atoms. The summed E-state index contributed by atoms with van der Waals surface area (Å²) in [6.45, 7) is 7.87. The highest BCUT2D eigenvalue weighted by atomic mass is 32.1. The first-order chi connectivity index (χ1) is 5.52. The number of thiazole rings is 1. The molecule has 0 saturated heterocycles. The van der Waals surface area contributed by atoms with E-state index in [0.717, 1.165) is 10.7 Å². The number of aromatic nitrogens is 1. The zero-order valence-corrected chi connectivity index (χ0v) is 8.77. The van der Waals surface area contributed by atoms with Gasteiger partial charge in [-0.15, -0.1) is 11.3 Å². The van der Waals surface area contributed by atoms with Gasteiger partial charge >= 0.3 is 0 Å². The average Bonchev–Trinajstić information content (AvgIpc) is 2.30. The maximum atomic E-state index is 9.34. The average molecular weight is 185 g/mol. The summed E-state index contributed by atoms with van der Waals surface area (Å²) in [6.07, 6.45) is -0.310. The van der Waals surface area contributed by atoms with E-state index in [0.29, 0.717) is 0 Å². The molecule has 1 N–H and O–H groups in total. The minimum absolute atomic E-state index is 0.155. The molecule has 2 nitrogen and oxygen atoms in total. The van der Waals surface area contributed by atoms with Gasteiger partial charge in [0.1, 0.15) is 0 Å².